The van der Waals surface area contributed by atoms with E-state index in [2.05, 4.69) is 10.1 Å². The monoisotopic (exact) mass is 263 g/mol. The molecule has 0 unspecified atom stereocenters. The van der Waals surface area contributed by atoms with Crippen molar-refractivity contribution in [3.8, 4) is 0 Å². The van der Waals surface area contributed by atoms with Crippen LogP contribution in [0.1, 0.15) is 28.6 Å². The van der Waals surface area contributed by atoms with Crippen molar-refractivity contribution in [2.45, 2.75) is 23.8 Å². The first kappa shape index (κ1) is 11.7. The number of thioether (sulfide) groups is 1. The number of aryl methyl sites for hydroxylation is 1. The molecule has 1 aliphatic rings. The third-order valence-electron chi connectivity index (χ3n) is 3.38. The van der Waals surface area contributed by atoms with Gasteiger partial charge < -0.3 is 0 Å². The number of hydrogen-bond acceptors (Lipinski definition) is 3. The van der Waals surface area contributed by atoms with Crippen LogP contribution in [0.25, 0.3) is 0 Å². The van der Waals surface area contributed by atoms with Crippen molar-refractivity contribution in [3.05, 3.63) is 47.3 Å². The zero-order valence-electron chi connectivity index (χ0n) is 10.1. The van der Waals surface area contributed by atoms with Crippen molar-refractivity contribution in [2.75, 3.05) is 0 Å². The summed E-state index contributed by atoms with van der Waals surface area (Å²) < 4.78 is 15.4. The molecule has 0 N–H and O–H groups in total. The highest BCUT2D eigenvalue weighted by Gasteiger charge is 2.25. The molecule has 0 amide bonds. The maximum absolute atomic E-state index is 13.6. The molecule has 18 heavy (non-hydrogen) atoms. The molecule has 0 saturated heterocycles. The topological polar surface area (TPSA) is 30.7 Å². The predicted octanol–water partition coefficient (Wildman–Crippen LogP) is 2.87. The minimum atomic E-state index is -0.0609. The maximum atomic E-state index is 13.6. The van der Waals surface area contributed by atoms with Gasteiger partial charge in [0.1, 0.15) is 18.0 Å². The first-order valence-corrected chi connectivity index (χ1v) is 7.02. The van der Waals surface area contributed by atoms with E-state index in [4.69, 9.17) is 0 Å². The van der Waals surface area contributed by atoms with Gasteiger partial charge >= 0.3 is 0 Å². The summed E-state index contributed by atoms with van der Waals surface area (Å²) in [5, 5.41) is 4.43. The molecule has 0 saturated carbocycles. The largest absolute Gasteiger partial charge is 0.252 e. The fourth-order valence-electron chi connectivity index (χ4n) is 2.37. The Labute approximate surface area is 109 Å². The van der Waals surface area contributed by atoms with E-state index < -0.39 is 0 Å². The molecule has 3 rings (SSSR count). The van der Waals surface area contributed by atoms with Gasteiger partial charge in [0.05, 0.1) is 5.75 Å². The SMILES string of the molecule is Cn1ncnc1CS[C@H]1CCc2c(F)cccc21. The summed E-state index contributed by atoms with van der Waals surface area (Å²) in [5.74, 6) is 1.72. The summed E-state index contributed by atoms with van der Waals surface area (Å²) in [6.45, 7) is 0. The molecule has 1 heterocycles. The van der Waals surface area contributed by atoms with Crippen molar-refractivity contribution in [2.24, 2.45) is 7.05 Å². The normalized spacial score (nSPS) is 18.0. The van der Waals surface area contributed by atoms with E-state index in [9.17, 15) is 4.39 Å². The number of aromatic nitrogens is 3. The second kappa shape index (κ2) is 4.72. The molecule has 0 spiro atoms. The predicted molar refractivity (Wildman–Crippen MR) is 69.8 cm³/mol. The Kier molecular flexibility index (Phi) is 3.07. The van der Waals surface area contributed by atoms with Crippen LogP contribution in [0.5, 0.6) is 0 Å². The minimum absolute atomic E-state index is 0.0609. The van der Waals surface area contributed by atoms with E-state index in [0.717, 1.165) is 35.5 Å². The summed E-state index contributed by atoms with van der Waals surface area (Å²) in [4.78, 5) is 4.21. The fourth-order valence-corrected chi connectivity index (χ4v) is 3.67. The smallest absolute Gasteiger partial charge is 0.138 e. The fraction of sp³-hybridized carbons (Fsp3) is 0.385. The van der Waals surface area contributed by atoms with Crippen LogP contribution in [-0.4, -0.2) is 14.8 Å². The number of halogens is 1. The highest BCUT2D eigenvalue weighted by molar-refractivity contribution is 7.98. The van der Waals surface area contributed by atoms with Crippen LogP contribution < -0.4 is 0 Å². The summed E-state index contributed by atoms with van der Waals surface area (Å²) in [5.41, 5.74) is 2.05. The van der Waals surface area contributed by atoms with Crippen molar-refractivity contribution >= 4 is 11.8 Å². The lowest BCUT2D eigenvalue weighted by Gasteiger charge is -2.10. The van der Waals surface area contributed by atoms with Crippen molar-refractivity contribution in [1.82, 2.24) is 14.8 Å². The van der Waals surface area contributed by atoms with Gasteiger partial charge in [0.25, 0.3) is 0 Å². The summed E-state index contributed by atoms with van der Waals surface area (Å²) >= 11 is 1.82. The Hall–Kier alpha value is -1.36. The third-order valence-corrected chi connectivity index (χ3v) is 4.69. The van der Waals surface area contributed by atoms with Gasteiger partial charge in [0.2, 0.25) is 0 Å². The highest BCUT2D eigenvalue weighted by Crippen LogP contribution is 2.42. The Balaban J connectivity index is 1.74. The summed E-state index contributed by atoms with van der Waals surface area (Å²) in [6, 6.07) is 5.39. The number of rotatable bonds is 3. The van der Waals surface area contributed by atoms with Crippen molar-refractivity contribution in [3.63, 3.8) is 0 Å². The molecule has 1 atom stereocenters. The molecular weight excluding hydrogens is 249 g/mol. The Morgan fingerprint density at radius 2 is 2.39 bits per heavy atom. The van der Waals surface area contributed by atoms with Crippen molar-refractivity contribution in [1.29, 1.82) is 0 Å². The minimum Gasteiger partial charge on any atom is -0.252 e. The lowest BCUT2D eigenvalue weighted by molar-refractivity contribution is 0.613. The van der Waals surface area contributed by atoms with Gasteiger partial charge in [-0.3, -0.25) is 4.68 Å². The molecule has 94 valence electrons. The van der Waals surface area contributed by atoms with E-state index in [0.29, 0.717) is 5.25 Å². The standard InChI is InChI=1S/C13H14FN3S/c1-17-13(15-8-16-17)7-18-12-6-5-9-10(12)3-2-4-11(9)14/h2-4,8,12H,5-7H2,1H3/t12-/m0/s1. The molecule has 5 heteroatoms. The molecule has 0 bridgehead atoms. The summed E-state index contributed by atoms with van der Waals surface area (Å²) in [7, 11) is 1.89. The van der Waals surface area contributed by atoms with Gasteiger partial charge in [-0.1, -0.05) is 12.1 Å². The molecule has 1 aromatic carbocycles. The molecule has 0 aliphatic heterocycles. The van der Waals surface area contributed by atoms with Gasteiger partial charge in [-0.2, -0.15) is 5.10 Å². The van der Waals surface area contributed by atoms with E-state index in [1.165, 1.54) is 0 Å². The van der Waals surface area contributed by atoms with Crippen LogP contribution in [-0.2, 0) is 19.2 Å². The van der Waals surface area contributed by atoms with Gasteiger partial charge in [0.15, 0.2) is 0 Å². The van der Waals surface area contributed by atoms with Crippen LogP contribution in [0.3, 0.4) is 0 Å². The first-order chi connectivity index (χ1) is 8.75. The molecule has 0 fully saturated rings. The third kappa shape index (κ3) is 2.03. The van der Waals surface area contributed by atoms with E-state index >= 15 is 0 Å². The van der Waals surface area contributed by atoms with Crippen LogP contribution in [0.15, 0.2) is 24.5 Å². The lowest BCUT2D eigenvalue weighted by Crippen LogP contribution is -1.99. The second-order valence-corrected chi connectivity index (χ2v) is 5.64. The Bertz CT molecular complexity index is 567. The average molecular weight is 263 g/mol. The van der Waals surface area contributed by atoms with Gasteiger partial charge in [0, 0.05) is 12.3 Å². The first-order valence-electron chi connectivity index (χ1n) is 5.97. The lowest BCUT2D eigenvalue weighted by atomic mass is 10.1. The van der Waals surface area contributed by atoms with Crippen LogP contribution in [0, 0.1) is 5.82 Å². The average Bonchev–Trinajstić information content (AvgIpc) is 2.94. The van der Waals surface area contributed by atoms with Gasteiger partial charge in [-0.05, 0) is 30.0 Å². The maximum Gasteiger partial charge on any atom is 0.138 e. The van der Waals surface area contributed by atoms with Crippen LogP contribution in [0.4, 0.5) is 4.39 Å². The molecule has 0 radical (unpaired) electrons. The van der Waals surface area contributed by atoms with Crippen molar-refractivity contribution < 1.29 is 4.39 Å². The number of hydrogen-bond donors (Lipinski definition) is 0. The zero-order valence-corrected chi connectivity index (χ0v) is 11.0. The molecule has 2 aromatic rings. The highest BCUT2D eigenvalue weighted by atomic mass is 32.2. The number of benzene rings is 1. The summed E-state index contributed by atoms with van der Waals surface area (Å²) in [6.07, 6.45) is 3.43. The molecule has 1 aliphatic carbocycles. The van der Waals surface area contributed by atoms with Gasteiger partial charge in [-0.25, -0.2) is 9.37 Å². The Morgan fingerprint density at radius 1 is 1.50 bits per heavy atom. The molecular formula is C13H14FN3S. The zero-order chi connectivity index (χ0) is 12.5. The number of fused-ring (bicyclic) bond motifs is 1. The van der Waals surface area contributed by atoms with E-state index in [-0.39, 0.29) is 5.82 Å². The van der Waals surface area contributed by atoms with E-state index in [1.807, 2.05) is 24.9 Å². The van der Waals surface area contributed by atoms with Crippen LogP contribution >= 0.6 is 11.8 Å². The van der Waals surface area contributed by atoms with Crippen LogP contribution in [0.2, 0.25) is 0 Å². The van der Waals surface area contributed by atoms with Gasteiger partial charge in [-0.15, -0.1) is 11.8 Å². The Morgan fingerprint density at radius 3 is 3.17 bits per heavy atom. The second-order valence-electron chi connectivity index (χ2n) is 4.45. The number of nitrogens with zero attached hydrogens (tertiary/aromatic N) is 3. The quantitative estimate of drug-likeness (QED) is 0.853. The van der Waals surface area contributed by atoms with E-state index in [1.54, 1.807) is 23.1 Å². The molecule has 3 nitrogen and oxygen atoms in total. The molecule has 1 aromatic heterocycles.